The van der Waals surface area contributed by atoms with Crippen LogP contribution in [0.2, 0.25) is 5.02 Å². The third-order valence-corrected chi connectivity index (χ3v) is 12.0. The summed E-state index contributed by atoms with van der Waals surface area (Å²) in [5.74, 6) is -0.433. The van der Waals surface area contributed by atoms with E-state index in [0.29, 0.717) is 4.88 Å². The van der Waals surface area contributed by atoms with E-state index >= 15 is 0 Å². The lowest BCUT2D eigenvalue weighted by Gasteiger charge is -2.42. The lowest BCUT2D eigenvalue weighted by atomic mass is 9.83. The zero-order valence-electron chi connectivity index (χ0n) is 27.4. The van der Waals surface area contributed by atoms with Crippen LogP contribution in [0, 0.1) is 0 Å². The van der Waals surface area contributed by atoms with Crippen molar-refractivity contribution in [2.24, 2.45) is 0 Å². The van der Waals surface area contributed by atoms with Crippen molar-refractivity contribution in [3.63, 3.8) is 0 Å². The predicted molar refractivity (Wildman–Crippen MR) is 191 cm³/mol. The third kappa shape index (κ3) is 8.07. The molecule has 0 bridgehead atoms. The van der Waals surface area contributed by atoms with Crippen molar-refractivity contribution >= 4 is 46.1 Å². The van der Waals surface area contributed by atoms with E-state index in [9.17, 15) is 22.8 Å². The van der Waals surface area contributed by atoms with Crippen molar-refractivity contribution < 1.29 is 22.8 Å². The Bertz CT molecular complexity index is 1720. The fourth-order valence-electron chi connectivity index (χ4n) is 7.38. The number of benzene rings is 2. The Morgan fingerprint density at radius 3 is 2.22 bits per heavy atom. The molecule has 260 valence electrons. The number of piperidine rings is 2. The van der Waals surface area contributed by atoms with Crippen molar-refractivity contribution in [1.82, 2.24) is 20.4 Å². The minimum Gasteiger partial charge on any atom is -0.344 e. The van der Waals surface area contributed by atoms with Crippen LogP contribution in [-0.4, -0.2) is 60.9 Å². The SMILES string of the molecule is CN1CCCCC1C(NC(=O)c1cccs1)c1ccc(C2CCC(C(NC(=O)c3cccc(C(F)(F)F)c3Cl)c3ccsc3)N(C)C2)cc1. The molecule has 2 N–H and O–H groups in total. The van der Waals surface area contributed by atoms with Gasteiger partial charge in [0.25, 0.3) is 11.8 Å². The van der Waals surface area contributed by atoms with Crippen LogP contribution in [0.5, 0.6) is 0 Å². The lowest BCUT2D eigenvalue weighted by molar-refractivity contribution is -0.137. The molecule has 2 fully saturated rings. The van der Waals surface area contributed by atoms with E-state index in [0.717, 1.165) is 62.4 Å². The molecule has 4 aromatic rings. The number of nitrogens with one attached hydrogen (secondary N) is 2. The Kier molecular flexibility index (Phi) is 11.2. The molecule has 6 rings (SSSR count). The first kappa shape index (κ1) is 35.6. The number of thiophene rings is 2. The van der Waals surface area contributed by atoms with Gasteiger partial charge in [0.1, 0.15) is 0 Å². The van der Waals surface area contributed by atoms with Crippen LogP contribution in [-0.2, 0) is 6.18 Å². The van der Waals surface area contributed by atoms with Crippen LogP contribution in [0.3, 0.4) is 0 Å². The number of carbonyl (C=O) groups is 2. The first-order chi connectivity index (χ1) is 23.5. The maximum atomic E-state index is 13.5. The van der Waals surface area contributed by atoms with E-state index < -0.39 is 28.7 Å². The van der Waals surface area contributed by atoms with E-state index in [1.807, 2.05) is 41.4 Å². The molecule has 0 radical (unpaired) electrons. The number of nitrogens with zero attached hydrogens (tertiary/aromatic N) is 2. The number of likely N-dealkylation sites (tertiary alicyclic amines) is 2. The van der Waals surface area contributed by atoms with Gasteiger partial charge in [-0.3, -0.25) is 9.59 Å². The van der Waals surface area contributed by atoms with Crippen LogP contribution in [0.4, 0.5) is 13.2 Å². The first-order valence-electron chi connectivity index (χ1n) is 16.5. The molecule has 0 saturated carbocycles. The summed E-state index contributed by atoms with van der Waals surface area (Å²) >= 11 is 9.06. The monoisotopic (exact) mass is 728 g/mol. The Morgan fingerprint density at radius 1 is 0.837 bits per heavy atom. The minimum atomic E-state index is -4.66. The van der Waals surface area contributed by atoms with Gasteiger partial charge in [-0.25, -0.2) is 0 Å². The molecular formula is C37H40ClF3N4O2S2. The Morgan fingerprint density at radius 2 is 1.57 bits per heavy atom. The number of halogens is 4. The number of amides is 2. The summed E-state index contributed by atoms with van der Waals surface area (Å²) in [5, 5.41) is 11.6. The summed E-state index contributed by atoms with van der Waals surface area (Å²) in [6.45, 7) is 1.75. The highest BCUT2D eigenvalue weighted by molar-refractivity contribution is 7.12. The second kappa shape index (κ2) is 15.3. The highest BCUT2D eigenvalue weighted by Gasteiger charge is 2.37. The van der Waals surface area contributed by atoms with Gasteiger partial charge in [-0.2, -0.15) is 24.5 Å². The summed E-state index contributed by atoms with van der Waals surface area (Å²) < 4.78 is 40.6. The second-order valence-electron chi connectivity index (χ2n) is 13.1. The molecule has 49 heavy (non-hydrogen) atoms. The Hall–Kier alpha value is -3.22. The molecular weight excluding hydrogens is 689 g/mol. The number of likely N-dealkylation sites (N-methyl/N-ethyl adjacent to an activating group) is 2. The second-order valence-corrected chi connectivity index (χ2v) is 15.2. The molecule has 2 aromatic heterocycles. The number of rotatable bonds is 9. The Balaban J connectivity index is 1.17. The number of alkyl halides is 3. The van der Waals surface area contributed by atoms with Gasteiger partial charge in [-0.15, -0.1) is 11.3 Å². The normalized spacial score (nSPS) is 22.0. The van der Waals surface area contributed by atoms with Crippen molar-refractivity contribution in [3.05, 3.63) is 115 Å². The van der Waals surface area contributed by atoms with Gasteiger partial charge in [-0.1, -0.05) is 54.4 Å². The molecule has 2 amide bonds. The third-order valence-electron chi connectivity index (χ3n) is 10.0. The molecule has 2 saturated heterocycles. The molecule has 0 aliphatic carbocycles. The van der Waals surface area contributed by atoms with E-state index in [2.05, 4.69) is 51.7 Å². The fourth-order valence-corrected chi connectivity index (χ4v) is 9.02. The standard InChI is InChI=1S/C37H40ClF3N4O2S2/c1-44-18-4-3-9-29(44)33(43-36(47)31-10-6-19-49-31)24-13-11-23(12-14-24)25-15-16-30(45(2)21-25)34(26-17-20-48-22-26)42-35(46)27-7-5-8-28(32(27)38)37(39,40)41/h5-8,10-14,17,19-20,22,25,29-30,33-34H,3-4,9,15-16,18,21H2,1-2H3,(H,42,46)(H,43,47). The maximum Gasteiger partial charge on any atom is 0.417 e. The van der Waals surface area contributed by atoms with Crippen LogP contribution in [0.25, 0.3) is 0 Å². The summed E-state index contributed by atoms with van der Waals surface area (Å²) in [7, 11) is 4.17. The maximum absolute atomic E-state index is 13.5. The van der Waals surface area contributed by atoms with Crippen LogP contribution in [0.15, 0.2) is 76.8 Å². The molecule has 6 nitrogen and oxygen atoms in total. The average Bonchev–Trinajstić information content (AvgIpc) is 3.82. The molecule has 2 aliphatic rings. The summed E-state index contributed by atoms with van der Waals surface area (Å²) in [6, 6.07) is 17.3. The van der Waals surface area contributed by atoms with E-state index in [-0.39, 0.29) is 35.5 Å². The fraction of sp³-hybridized carbons (Fsp3) is 0.405. The zero-order chi connectivity index (χ0) is 34.7. The molecule has 5 unspecified atom stereocenters. The van der Waals surface area contributed by atoms with Crippen molar-refractivity contribution in [1.29, 1.82) is 0 Å². The Labute approximate surface area is 298 Å². The van der Waals surface area contributed by atoms with Gasteiger partial charge in [0.15, 0.2) is 0 Å². The lowest BCUT2D eigenvalue weighted by Crippen LogP contribution is -2.48. The van der Waals surface area contributed by atoms with E-state index in [4.69, 9.17) is 11.6 Å². The van der Waals surface area contributed by atoms with Gasteiger partial charge in [-0.05, 0) is 109 Å². The molecule has 2 aromatic carbocycles. The molecule has 4 heterocycles. The predicted octanol–water partition coefficient (Wildman–Crippen LogP) is 8.79. The minimum absolute atomic E-state index is 0.0504. The van der Waals surface area contributed by atoms with E-state index in [1.54, 1.807) is 0 Å². The molecule has 2 aliphatic heterocycles. The van der Waals surface area contributed by atoms with Crippen LogP contribution >= 0.6 is 34.3 Å². The summed E-state index contributed by atoms with van der Waals surface area (Å²) in [4.78, 5) is 31.9. The highest BCUT2D eigenvalue weighted by atomic mass is 35.5. The van der Waals surface area contributed by atoms with Gasteiger partial charge in [0.05, 0.1) is 33.1 Å². The largest absolute Gasteiger partial charge is 0.417 e. The quantitative estimate of drug-likeness (QED) is 0.181. The summed E-state index contributed by atoms with van der Waals surface area (Å²) in [6.07, 6.45) is 0.287. The van der Waals surface area contributed by atoms with Crippen LogP contribution < -0.4 is 10.6 Å². The topological polar surface area (TPSA) is 64.7 Å². The van der Waals surface area contributed by atoms with Crippen molar-refractivity contribution in [2.75, 3.05) is 27.2 Å². The van der Waals surface area contributed by atoms with Crippen molar-refractivity contribution in [3.8, 4) is 0 Å². The van der Waals surface area contributed by atoms with Gasteiger partial charge in [0, 0.05) is 18.6 Å². The zero-order valence-corrected chi connectivity index (χ0v) is 29.8. The number of carbonyl (C=O) groups excluding carboxylic acids is 2. The van der Waals surface area contributed by atoms with Gasteiger partial charge >= 0.3 is 6.18 Å². The van der Waals surface area contributed by atoms with E-state index in [1.165, 1.54) is 40.4 Å². The first-order valence-corrected chi connectivity index (χ1v) is 18.7. The van der Waals surface area contributed by atoms with Gasteiger partial charge < -0.3 is 20.4 Å². The van der Waals surface area contributed by atoms with Gasteiger partial charge in [0.2, 0.25) is 0 Å². The highest BCUT2D eigenvalue weighted by Crippen LogP contribution is 2.39. The number of hydrogen-bond acceptors (Lipinski definition) is 6. The molecule has 5 atom stereocenters. The van der Waals surface area contributed by atoms with Crippen LogP contribution in [0.1, 0.15) is 92.4 Å². The number of hydrogen-bond donors (Lipinski definition) is 2. The smallest absolute Gasteiger partial charge is 0.344 e. The molecule has 0 spiro atoms. The average molecular weight is 729 g/mol. The van der Waals surface area contributed by atoms with Crippen molar-refractivity contribution in [2.45, 2.75) is 68.4 Å². The summed E-state index contributed by atoms with van der Waals surface area (Å²) in [5.41, 5.74) is 1.98. The molecule has 12 heteroatoms.